The van der Waals surface area contributed by atoms with E-state index in [1.165, 1.54) is 31.4 Å². The molecule has 0 atom stereocenters. The van der Waals surface area contributed by atoms with Gasteiger partial charge in [-0.2, -0.15) is 0 Å². The lowest BCUT2D eigenvalue weighted by atomic mass is 10.1. The zero-order chi connectivity index (χ0) is 14.7. The van der Waals surface area contributed by atoms with Crippen LogP contribution in [-0.2, 0) is 4.74 Å². The Morgan fingerprint density at radius 1 is 1.35 bits per heavy atom. The molecule has 2 rings (SSSR count). The summed E-state index contributed by atoms with van der Waals surface area (Å²) in [6, 6.07) is 8.80. The monoisotopic (exact) mass is 294 g/mol. The third kappa shape index (κ3) is 2.83. The normalized spacial score (nSPS) is 10.2. The van der Waals surface area contributed by atoms with Crippen LogP contribution in [0, 0.1) is 5.82 Å². The minimum absolute atomic E-state index is 0.126. The van der Waals surface area contributed by atoms with Gasteiger partial charge in [-0.3, -0.25) is 0 Å². The summed E-state index contributed by atoms with van der Waals surface area (Å²) in [5.74, 6) is -1.07. The van der Waals surface area contributed by atoms with Crippen LogP contribution in [-0.4, -0.2) is 13.1 Å². The minimum atomic E-state index is -0.567. The summed E-state index contributed by atoms with van der Waals surface area (Å²) >= 11 is 5.82. The van der Waals surface area contributed by atoms with Crippen LogP contribution in [0.1, 0.15) is 10.4 Å². The van der Waals surface area contributed by atoms with Gasteiger partial charge in [0.15, 0.2) is 0 Å². The third-order valence-electron chi connectivity index (χ3n) is 2.69. The number of anilines is 3. The Morgan fingerprint density at radius 2 is 2.10 bits per heavy atom. The molecule has 4 nitrogen and oxygen atoms in total. The van der Waals surface area contributed by atoms with Crippen LogP contribution < -0.4 is 11.1 Å². The van der Waals surface area contributed by atoms with E-state index in [2.05, 4.69) is 10.1 Å². The summed E-state index contributed by atoms with van der Waals surface area (Å²) < 4.78 is 18.4. The van der Waals surface area contributed by atoms with Crippen LogP contribution in [0.4, 0.5) is 21.5 Å². The molecule has 0 aliphatic carbocycles. The fourth-order valence-corrected chi connectivity index (χ4v) is 1.89. The Labute approximate surface area is 120 Å². The van der Waals surface area contributed by atoms with Gasteiger partial charge in [-0.05, 0) is 30.3 Å². The van der Waals surface area contributed by atoms with Crippen molar-refractivity contribution < 1.29 is 13.9 Å². The summed E-state index contributed by atoms with van der Waals surface area (Å²) in [4.78, 5) is 11.7. The second-order valence-electron chi connectivity index (χ2n) is 4.01. The van der Waals surface area contributed by atoms with Gasteiger partial charge < -0.3 is 15.8 Å². The second-order valence-corrected chi connectivity index (χ2v) is 4.45. The summed E-state index contributed by atoms with van der Waals surface area (Å²) in [6.45, 7) is 0. The first-order chi connectivity index (χ1) is 9.52. The van der Waals surface area contributed by atoms with Crippen molar-refractivity contribution in [1.29, 1.82) is 0 Å². The number of hydrogen-bond acceptors (Lipinski definition) is 4. The van der Waals surface area contributed by atoms with Gasteiger partial charge in [0.05, 0.1) is 29.7 Å². The number of carbonyl (C=O) groups is 1. The Hall–Kier alpha value is -2.27. The zero-order valence-electron chi connectivity index (χ0n) is 10.6. The minimum Gasteiger partial charge on any atom is -0.465 e. The lowest BCUT2D eigenvalue weighted by molar-refractivity contribution is 0.0602. The molecule has 0 aliphatic rings. The molecule has 0 heterocycles. The lowest BCUT2D eigenvalue weighted by Gasteiger charge is -2.14. The number of nitrogens with two attached hydrogens (primary N) is 1. The molecule has 0 aliphatic heterocycles. The molecule has 0 unspecified atom stereocenters. The maximum absolute atomic E-state index is 13.7. The van der Waals surface area contributed by atoms with E-state index in [0.29, 0.717) is 10.7 Å². The average Bonchev–Trinajstić information content (AvgIpc) is 2.44. The van der Waals surface area contributed by atoms with E-state index in [9.17, 15) is 9.18 Å². The number of esters is 1. The molecule has 0 saturated carbocycles. The summed E-state index contributed by atoms with van der Waals surface area (Å²) in [7, 11) is 1.26. The predicted molar refractivity (Wildman–Crippen MR) is 76.9 cm³/mol. The van der Waals surface area contributed by atoms with Gasteiger partial charge in [0, 0.05) is 5.02 Å². The summed E-state index contributed by atoms with van der Waals surface area (Å²) in [6.07, 6.45) is 0. The molecule has 0 aromatic heterocycles. The molecule has 0 saturated heterocycles. The fraction of sp³-hybridized carbons (Fsp3) is 0.0714. The first-order valence-corrected chi connectivity index (χ1v) is 6.09. The highest BCUT2D eigenvalue weighted by Crippen LogP contribution is 2.30. The van der Waals surface area contributed by atoms with Crippen molar-refractivity contribution in [3.63, 3.8) is 0 Å². The van der Waals surface area contributed by atoms with E-state index < -0.39 is 11.8 Å². The fourth-order valence-electron chi connectivity index (χ4n) is 1.72. The first kappa shape index (κ1) is 14.1. The molecular weight excluding hydrogens is 283 g/mol. The molecule has 0 spiro atoms. The molecule has 3 N–H and O–H groups in total. The van der Waals surface area contributed by atoms with Gasteiger partial charge >= 0.3 is 5.97 Å². The molecule has 0 fully saturated rings. The molecular formula is C14H12ClFN2O2. The average molecular weight is 295 g/mol. The van der Waals surface area contributed by atoms with Crippen molar-refractivity contribution in [1.82, 2.24) is 0 Å². The van der Waals surface area contributed by atoms with E-state index in [-0.39, 0.29) is 16.9 Å². The van der Waals surface area contributed by atoms with Crippen molar-refractivity contribution in [2.75, 3.05) is 18.2 Å². The van der Waals surface area contributed by atoms with E-state index >= 15 is 0 Å². The number of nitrogen functional groups attached to an aromatic ring is 1. The maximum Gasteiger partial charge on any atom is 0.340 e. The smallest absolute Gasteiger partial charge is 0.340 e. The molecule has 0 radical (unpaired) electrons. The number of carbonyl (C=O) groups excluding carboxylic acids is 1. The van der Waals surface area contributed by atoms with Gasteiger partial charge in [0.25, 0.3) is 0 Å². The third-order valence-corrected chi connectivity index (χ3v) is 2.93. The van der Waals surface area contributed by atoms with Crippen molar-refractivity contribution in [3.8, 4) is 0 Å². The van der Waals surface area contributed by atoms with Crippen molar-refractivity contribution >= 4 is 34.6 Å². The largest absolute Gasteiger partial charge is 0.465 e. The quantitative estimate of drug-likeness (QED) is 0.671. The van der Waals surface area contributed by atoms with Gasteiger partial charge in [-0.25, -0.2) is 9.18 Å². The SMILES string of the molecule is COC(=O)c1cccc(N)c1Nc1cc(Cl)ccc1F. The predicted octanol–water partition coefficient (Wildman–Crippen LogP) is 3.59. The van der Waals surface area contributed by atoms with Crippen LogP contribution in [0.2, 0.25) is 5.02 Å². The zero-order valence-corrected chi connectivity index (χ0v) is 11.4. The number of hydrogen-bond donors (Lipinski definition) is 2. The van der Waals surface area contributed by atoms with E-state index in [1.54, 1.807) is 12.1 Å². The van der Waals surface area contributed by atoms with Crippen LogP contribution in [0.25, 0.3) is 0 Å². The van der Waals surface area contributed by atoms with Crippen LogP contribution in [0.15, 0.2) is 36.4 Å². The Morgan fingerprint density at radius 3 is 2.80 bits per heavy atom. The first-order valence-electron chi connectivity index (χ1n) is 5.72. The maximum atomic E-state index is 13.7. The van der Waals surface area contributed by atoms with Crippen LogP contribution >= 0.6 is 11.6 Å². The number of para-hydroxylation sites is 1. The molecule has 0 amide bonds. The van der Waals surface area contributed by atoms with Crippen molar-refractivity contribution in [2.45, 2.75) is 0 Å². The van der Waals surface area contributed by atoms with Crippen molar-refractivity contribution in [2.24, 2.45) is 0 Å². The highest BCUT2D eigenvalue weighted by molar-refractivity contribution is 6.30. The van der Waals surface area contributed by atoms with E-state index in [0.717, 1.165) is 0 Å². The number of methoxy groups -OCH3 is 1. The van der Waals surface area contributed by atoms with Crippen LogP contribution in [0.5, 0.6) is 0 Å². The number of rotatable bonds is 3. The standard InChI is InChI=1S/C14H12ClFN2O2/c1-20-14(19)9-3-2-4-11(17)13(9)18-12-7-8(15)5-6-10(12)16/h2-7,18H,17H2,1H3. The van der Waals surface area contributed by atoms with Gasteiger partial charge in [0.2, 0.25) is 0 Å². The van der Waals surface area contributed by atoms with Crippen LogP contribution in [0.3, 0.4) is 0 Å². The molecule has 20 heavy (non-hydrogen) atoms. The molecule has 2 aromatic carbocycles. The summed E-state index contributed by atoms with van der Waals surface area (Å²) in [5.41, 5.74) is 6.74. The molecule has 2 aromatic rings. The topological polar surface area (TPSA) is 64.3 Å². The van der Waals surface area contributed by atoms with Gasteiger partial charge in [-0.1, -0.05) is 17.7 Å². The van der Waals surface area contributed by atoms with E-state index in [1.807, 2.05) is 0 Å². The Bertz CT molecular complexity index is 662. The Balaban J connectivity index is 2.47. The Kier molecular flexibility index (Phi) is 4.10. The second kappa shape index (κ2) is 5.79. The number of nitrogens with one attached hydrogen (secondary N) is 1. The van der Waals surface area contributed by atoms with Crippen molar-refractivity contribution in [3.05, 3.63) is 52.8 Å². The molecule has 0 bridgehead atoms. The number of halogens is 2. The lowest BCUT2D eigenvalue weighted by Crippen LogP contribution is -2.08. The van der Waals surface area contributed by atoms with Gasteiger partial charge in [0.1, 0.15) is 5.82 Å². The highest BCUT2D eigenvalue weighted by Gasteiger charge is 2.15. The summed E-state index contributed by atoms with van der Waals surface area (Å²) in [5, 5.41) is 3.14. The molecule has 104 valence electrons. The molecule has 6 heteroatoms. The van der Waals surface area contributed by atoms with Gasteiger partial charge in [-0.15, -0.1) is 0 Å². The van der Waals surface area contributed by atoms with E-state index in [4.69, 9.17) is 17.3 Å². The highest BCUT2D eigenvalue weighted by atomic mass is 35.5. The number of benzene rings is 2. The number of ether oxygens (including phenoxy) is 1.